The van der Waals surface area contributed by atoms with E-state index < -0.39 is 0 Å². The SMILES string of the molecule is CCCC[C@H](OC(N)=NC1CC1)[C@@H](OCOC)c1ccccc1C. The maximum atomic E-state index is 6.02. The van der Waals surface area contributed by atoms with Crippen molar-refractivity contribution in [1.29, 1.82) is 0 Å². The number of methoxy groups -OCH3 is 1. The van der Waals surface area contributed by atoms with Gasteiger partial charge in [0.2, 0.25) is 0 Å². The molecule has 0 bridgehead atoms. The van der Waals surface area contributed by atoms with Crippen LogP contribution in [-0.4, -0.2) is 32.1 Å². The van der Waals surface area contributed by atoms with E-state index in [0.29, 0.717) is 6.04 Å². The summed E-state index contributed by atoms with van der Waals surface area (Å²) in [6.07, 6.45) is 4.79. The normalized spacial score (nSPS) is 17.5. The lowest BCUT2D eigenvalue weighted by Gasteiger charge is -2.29. The third-order valence-electron chi connectivity index (χ3n) is 4.17. The highest BCUT2D eigenvalue weighted by molar-refractivity contribution is 5.72. The van der Waals surface area contributed by atoms with E-state index in [1.165, 1.54) is 5.56 Å². The lowest BCUT2D eigenvalue weighted by molar-refractivity contribution is -0.113. The van der Waals surface area contributed by atoms with Crippen molar-refractivity contribution in [3.05, 3.63) is 35.4 Å². The maximum absolute atomic E-state index is 6.02. The molecule has 0 aliphatic heterocycles. The molecule has 0 unspecified atom stereocenters. The fourth-order valence-electron chi connectivity index (χ4n) is 2.69. The average Bonchev–Trinajstić information content (AvgIpc) is 3.37. The van der Waals surface area contributed by atoms with Gasteiger partial charge in [-0.05, 0) is 43.7 Å². The summed E-state index contributed by atoms with van der Waals surface area (Å²) >= 11 is 0. The van der Waals surface area contributed by atoms with E-state index >= 15 is 0 Å². The van der Waals surface area contributed by atoms with Crippen LogP contribution in [0.2, 0.25) is 0 Å². The molecule has 5 nitrogen and oxygen atoms in total. The first kappa shape index (κ1) is 18.7. The summed E-state index contributed by atoms with van der Waals surface area (Å²) in [4.78, 5) is 4.40. The number of hydrogen-bond donors (Lipinski definition) is 1. The lowest BCUT2D eigenvalue weighted by atomic mass is 9.96. The highest BCUT2D eigenvalue weighted by atomic mass is 16.7. The number of nitrogens with two attached hydrogens (primary N) is 1. The van der Waals surface area contributed by atoms with Crippen molar-refractivity contribution in [1.82, 2.24) is 0 Å². The van der Waals surface area contributed by atoms with E-state index in [1.807, 2.05) is 12.1 Å². The first-order valence-corrected chi connectivity index (χ1v) is 8.81. The Hall–Kier alpha value is -1.59. The molecule has 2 N–H and O–H groups in total. The molecule has 0 amide bonds. The zero-order valence-corrected chi connectivity index (χ0v) is 15.0. The Labute approximate surface area is 145 Å². The highest BCUT2D eigenvalue weighted by Crippen LogP contribution is 2.30. The van der Waals surface area contributed by atoms with Crippen LogP contribution in [0, 0.1) is 6.92 Å². The summed E-state index contributed by atoms with van der Waals surface area (Å²) in [5, 5.41) is 0. The first-order chi connectivity index (χ1) is 11.7. The van der Waals surface area contributed by atoms with Gasteiger partial charge in [0.15, 0.2) is 0 Å². The molecule has 2 atom stereocenters. The Bertz CT molecular complexity index is 529. The van der Waals surface area contributed by atoms with Gasteiger partial charge in [-0.1, -0.05) is 37.6 Å². The zero-order valence-electron chi connectivity index (χ0n) is 15.0. The Morgan fingerprint density at radius 2 is 2.08 bits per heavy atom. The van der Waals surface area contributed by atoms with Crippen molar-refractivity contribution in [2.24, 2.45) is 10.7 Å². The molecule has 0 saturated heterocycles. The topological polar surface area (TPSA) is 66.1 Å². The molecule has 1 aromatic rings. The second kappa shape index (κ2) is 9.64. The number of unbranched alkanes of at least 4 members (excludes halogenated alkanes) is 1. The Balaban J connectivity index is 2.19. The van der Waals surface area contributed by atoms with Crippen LogP contribution in [0.4, 0.5) is 0 Å². The van der Waals surface area contributed by atoms with Gasteiger partial charge >= 0.3 is 0 Å². The Kier molecular flexibility index (Phi) is 7.53. The fourth-order valence-corrected chi connectivity index (χ4v) is 2.69. The number of nitrogens with zero attached hydrogens (tertiary/aromatic N) is 1. The fraction of sp³-hybridized carbons (Fsp3) is 0.632. The molecule has 1 saturated carbocycles. The molecular weight excluding hydrogens is 304 g/mol. The number of rotatable bonds is 10. The Morgan fingerprint density at radius 3 is 2.71 bits per heavy atom. The van der Waals surface area contributed by atoms with Gasteiger partial charge in [0.1, 0.15) is 19.0 Å². The molecule has 0 radical (unpaired) electrons. The molecule has 24 heavy (non-hydrogen) atoms. The molecule has 2 rings (SSSR count). The quantitative estimate of drug-likeness (QED) is 0.402. The molecule has 1 aliphatic carbocycles. The average molecular weight is 334 g/mol. The van der Waals surface area contributed by atoms with E-state index in [9.17, 15) is 0 Å². The van der Waals surface area contributed by atoms with Crippen molar-refractivity contribution in [2.75, 3.05) is 13.9 Å². The van der Waals surface area contributed by atoms with E-state index in [4.69, 9.17) is 19.9 Å². The molecule has 0 aromatic heterocycles. The number of benzene rings is 1. The van der Waals surface area contributed by atoms with E-state index in [-0.39, 0.29) is 25.0 Å². The summed E-state index contributed by atoms with van der Waals surface area (Å²) in [7, 11) is 1.62. The van der Waals surface area contributed by atoms with E-state index in [2.05, 4.69) is 31.0 Å². The molecule has 0 spiro atoms. The molecule has 1 aliphatic rings. The number of hydrogen-bond acceptors (Lipinski definition) is 4. The summed E-state index contributed by atoms with van der Waals surface area (Å²) in [5.41, 5.74) is 8.29. The standard InChI is InChI=1S/C19H30N2O3/c1-4-5-10-17(24-19(20)21-15-11-12-15)18(23-13-22-3)16-9-7-6-8-14(16)2/h6-9,15,17-18H,4-5,10-13H2,1-3H3,(H2,20,21)/t17-,18-/m0/s1. The number of aliphatic imine (C=N–C) groups is 1. The zero-order chi connectivity index (χ0) is 17.4. The largest absolute Gasteiger partial charge is 0.459 e. The second-order valence-electron chi connectivity index (χ2n) is 6.35. The van der Waals surface area contributed by atoms with Crippen molar-refractivity contribution < 1.29 is 14.2 Å². The minimum Gasteiger partial charge on any atom is -0.459 e. The lowest BCUT2D eigenvalue weighted by Crippen LogP contribution is -2.32. The van der Waals surface area contributed by atoms with Crippen LogP contribution in [0.3, 0.4) is 0 Å². The van der Waals surface area contributed by atoms with Gasteiger partial charge in [0.05, 0.1) is 6.04 Å². The molecule has 1 aromatic carbocycles. The monoisotopic (exact) mass is 334 g/mol. The van der Waals surface area contributed by atoms with Crippen molar-refractivity contribution in [3.8, 4) is 0 Å². The minimum absolute atomic E-state index is 0.177. The van der Waals surface area contributed by atoms with Crippen molar-refractivity contribution >= 4 is 6.02 Å². The van der Waals surface area contributed by atoms with Gasteiger partial charge in [0, 0.05) is 7.11 Å². The van der Waals surface area contributed by atoms with Crippen LogP contribution < -0.4 is 5.73 Å². The van der Waals surface area contributed by atoms with Gasteiger partial charge in [0.25, 0.3) is 6.02 Å². The molecule has 5 heteroatoms. The van der Waals surface area contributed by atoms with Crippen LogP contribution in [0.5, 0.6) is 0 Å². The van der Waals surface area contributed by atoms with E-state index in [0.717, 1.165) is 37.7 Å². The van der Waals surface area contributed by atoms with Crippen LogP contribution in [-0.2, 0) is 14.2 Å². The van der Waals surface area contributed by atoms with Gasteiger partial charge < -0.3 is 19.9 Å². The predicted molar refractivity (Wildman–Crippen MR) is 95.9 cm³/mol. The van der Waals surface area contributed by atoms with Crippen LogP contribution >= 0.6 is 0 Å². The van der Waals surface area contributed by atoms with Crippen molar-refractivity contribution in [3.63, 3.8) is 0 Å². The smallest absolute Gasteiger partial charge is 0.282 e. The van der Waals surface area contributed by atoms with Crippen LogP contribution in [0.15, 0.2) is 29.3 Å². The van der Waals surface area contributed by atoms with Crippen LogP contribution in [0.1, 0.15) is 56.3 Å². The first-order valence-electron chi connectivity index (χ1n) is 8.81. The maximum Gasteiger partial charge on any atom is 0.282 e. The van der Waals surface area contributed by atoms with Crippen molar-refractivity contribution in [2.45, 2.75) is 64.2 Å². The summed E-state index contributed by atoms with van der Waals surface area (Å²) in [6, 6.07) is 8.82. The third kappa shape index (κ3) is 5.80. The minimum atomic E-state index is -0.231. The van der Waals surface area contributed by atoms with Gasteiger partial charge in [-0.2, -0.15) is 0 Å². The van der Waals surface area contributed by atoms with Crippen LogP contribution in [0.25, 0.3) is 0 Å². The van der Waals surface area contributed by atoms with Gasteiger partial charge in [-0.3, -0.25) is 0 Å². The van der Waals surface area contributed by atoms with Gasteiger partial charge in [-0.15, -0.1) is 0 Å². The van der Waals surface area contributed by atoms with E-state index in [1.54, 1.807) is 7.11 Å². The molecule has 0 heterocycles. The summed E-state index contributed by atoms with van der Waals surface area (Å²) in [5.74, 6) is 0. The Morgan fingerprint density at radius 1 is 1.33 bits per heavy atom. The van der Waals surface area contributed by atoms with Gasteiger partial charge in [-0.25, -0.2) is 4.99 Å². The molecule has 1 fully saturated rings. The summed E-state index contributed by atoms with van der Waals surface area (Å²) in [6.45, 7) is 4.46. The molecule has 134 valence electrons. The summed E-state index contributed by atoms with van der Waals surface area (Å²) < 4.78 is 17.1. The highest BCUT2D eigenvalue weighted by Gasteiger charge is 2.28. The number of amidine groups is 1. The number of aryl methyl sites for hydroxylation is 1. The molecular formula is C19H30N2O3. The second-order valence-corrected chi connectivity index (χ2v) is 6.35. The third-order valence-corrected chi connectivity index (χ3v) is 4.17. The number of ether oxygens (including phenoxy) is 3. The predicted octanol–water partition coefficient (Wildman–Crippen LogP) is 3.71.